The lowest BCUT2D eigenvalue weighted by Gasteiger charge is -2.17. The molecule has 0 radical (unpaired) electrons. The number of nitrogens with one attached hydrogen (secondary N) is 2. The molecule has 0 saturated heterocycles. The number of ether oxygens (including phenoxy) is 1. The van der Waals surface area contributed by atoms with Gasteiger partial charge in [0, 0.05) is 24.0 Å². The summed E-state index contributed by atoms with van der Waals surface area (Å²) in [5, 5.41) is 9.96. The molecule has 1 heterocycles. The van der Waals surface area contributed by atoms with Gasteiger partial charge in [-0.25, -0.2) is 0 Å². The van der Waals surface area contributed by atoms with Crippen molar-refractivity contribution >= 4 is 23.4 Å². The van der Waals surface area contributed by atoms with Gasteiger partial charge in [-0.15, -0.1) is 0 Å². The zero-order valence-electron chi connectivity index (χ0n) is 17.2. The summed E-state index contributed by atoms with van der Waals surface area (Å²) >= 11 is 5.93. The zero-order valence-corrected chi connectivity index (χ0v) is 18.0. The number of amides is 2. The predicted octanol–water partition coefficient (Wildman–Crippen LogP) is 3.39. The minimum Gasteiger partial charge on any atom is -0.481 e. The topological polar surface area (TPSA) is 106 Å². The zero-order chi connectivity index (χ0) is 21.5. The highest BCUT2D eigenvalue weighted by atomic mass is 35.5. The van der Waals surface area contributed by atoms with Gasteiger partial charge in [-0.05, 0) is 50.5 Å². The molecule has 9 heteroatoms. The second-order valence-electron chi connectivity index (χ2n) is 7.51. The van der Waals surface area contributed by atoms with Gasteiger partial charge in [0.2, 0.25) is 0 Å². The largest absolute Gasteiger partial charge is 0.481 e. The lowest BCUT2D eigenvalue weighted by molar-refractivity contribution is -0.127. The first kappa shape index (κ1) is 22.1. The lowest BCUT2D eigenvalue weighted by Crippen LogP contribution is -2.40. The third-order valence-corrected chi connectivity index (χ3v) is 5.36. The molecule has 0 unspecified atom stereocenters. The molecule has 2 amide bonds. The van der Waals surface area contributed by atoms with E-state index < -0.39 is 12.0 Å². The number of carbonyl (C=O) groups excluding carboxylic acids is 2. The van der Waals surface area contributed by atoms with Crippen LogP contribution in [0.4, 0.5) is 0 Å². The first-order valence-electron chi connectivity index (χ1n) is 10.3. The van der Waals surface area contributed by atoms with E-state index in [1.54, 1.807) is 25.1 Å². The van der Waals surface area contributed by atoms with Gasteiger partial charge in [-0.3, -0.25) is 9.59 Å². The Morgan fingerprint density at radius 3 is 2.70 bits per heavy atom. The molecule has 1 aliphatic rings. The summed E-state index contributed by atoms with van der Waals surface area (Å²) in [7, 11) is 0. The molecule has 1 fully saturated rings. The quantitative estimate of drug-likeness (QED) is 0.617. The first-order chi connectivity index (χ1) is 14.4. The Morgan fingerprint density at radius 2 is 1.97 bits per heavy atom. The van der Waals surface area contributed by atoms with Gasteiger partial charge < -0.3 is 19.9 Å². The van der Waals surface area contributed by atoms with Crippen LogP contribution in [0.25, 0.3) is 0 Å². The molecule has 0 bridgehead atoms. The Balaban J connectivity index is 1.39. The van der Waals surface area contributed by atoms with E-state index in [-0.39, 0.29) is 30.8 Å². The van der Waals surface area contributed by atoms with Crippen LogP contribution in [0, 0.1) is 6.92 Å². The van der Waals surface area contributed by atoms with E-state index in [4.69, 9.17) is 20.9 Å². The Labute approximate surface area is 180 Å². The van der Waals surface area contributed by atoms with Gasteiger partial charge in [0.1, 0.15) is 5.75 Å². The summed E-state index contributed by atoms with van der Waals surface area (Å²) in [4.78, 5) is 28.6. The monoisotopic (exact) mass is 434 g/mol. The van der Waals surface area contributed by atoms with Gasteiger partial charge in [0.15, 0.2) is 11.9 Å². The highest BCUT2D eigenvalue weighted by Gasteiger charge is 2.23. The van der Waals surface area contributed by atoms with Crippen molar-refractivity contribution in [2.45, 2.75) is 58.0 Å². The fraction of sp³-hybridized carbons (Fsp3) is 0.524. The highest BCUT2D eigenvalue weighted by Crippen LogP contribution is 2.30. The van der Waals surface area contributed by atoms with Crippen LogP contribution in [0.1, 0.15) is 67.0 Å². The van der Waals surface area contributed by atoms with Crippen LogP contribution in [-0.2, 0) is 4.79 Å². The average Bonchev–Trinajstić information content (AvgIpc) is 3.24. The van der Waals surface area contributed by atoms with Crippen molar-refractivity contribution < 1.29 is 18.8 Å². The summed E-state index contributed by atoms with van der Waals surface area (Å²) in [6, 6.07) is 5.21. The van der Waals surface area contributed by atoms with Crippen LogP contribution in [0.15, 0.2) is 22.7 Å². The number of benzene rings is 1. The second kappa shape index (κ2) is 10.4. The molecule has 1 atom stereocenters. The number of carbonyl (C=O) groups is 2. The minimum atomic E-state index is -0.686. The van der Waals surface area contributed by atoms with E-state index >= 15 is 0 Å². The molecule has 2 N–H and O–H groups in total. The smallest absolute Gasteiger partial charge is 0.315 e. The Morgan fingerprint density at radius 1 is 1.23 bits per heavy atom. The van der Waals surface area contributed by atoms with Crippen molar-refractivity contribution in [3.05, 3.63) is 40.5 Å². The summed E-state index contributed by atoms with van der Waals surface area (Å²) in [5.74, 6) is 0.707. The molecule has 0 spiro atoms. The van der Waals surface area contributed by atoms with Crippen LogP contribution < -0.4 is 15.4 Å². The normalized spacial score (nSPS) is 15.4. The Hall–Kier alpha value is -2.61. The van der Waals surface area contributed by atoms with Gasteiger partial charge in [-0.1, -0.05) is 36.0 Å². The second-order valence-corrected chi connectivity index (χ2v) is 7.95. The van der Waals surface area contributed by atoms with Crippen molar-refractivity contribution in [1.82, 2.24) is 20.8 Å². The van der Waals surface area contributed by atoms with E-state index in [1.165, 1.54) is 6.42 Å². The number of halogens is 1. The molecule has 1 aromatic heterocycles. The fourth-order valence-electron chi connectivity index (χ4n) is 3.42. The molecular weight excluding hydrogens is 408 g/mol. The molecule has 8 nitrogen and oxygen atoms in total. The molecule has 0 aliphatic heterocycles. The van der Waals surface area contributed by atoms with Gasteiger partial charge in [-0.2, -0.15) is 4.98 Å². The predicted molar refractivity (Wildman–Crippen MR) is 112 cm³/mol. The molecule has 162 valence electrons. The molecule has 30 heavy (non-hydrogen) atoms. The average molecular weight is 435 g/mol. The van der Waals surface area contributed by atoms with Crippen molar-refractivity contribution in [1.29, 1.82) is 0 Å². The minimum absolute atomic E-state index is 0.0446. The van der Waals surface area contributed by atoms with Crippen molar-refractivity contribution in [3.63, 3.8) is 0 Å². The number of nitrogens with zero attached hydrogens (tertiary/aromatic N) is 2. The number of rotatable bonds is 8. The van der Waals surface area contributed by atoms with E-state index in [0.29, 0.717) is 16.6 Å². The SMILES string of the molecule is Cc1cc(Cl)ccc1O[C@H](C)C(=O)NCCNC(=O)c1nc(C2CCCCC2)no1. The fourth-order valence-corrected chi connectivity index (χ4v) is 3.65. The van der Waals surface area contributed by atoms with Gasteiger partial charge >= 0.3 is 11.8 Å². The van der Waals surface area contributed by atoms with Crippen LogP contribution in [-0.4, -0.2) is 41.1 Å². The third-order valence-electron chi connectivity index (χ3n) is 5.13. The molecule has 1 saturated carbocycles. The standard InChI is InChI=1S/C21H27ClN4O4/c1-13-12-16(22)8-9-17(13)29-14(2)19(27)23-10-11-24-20(28)21-25-18(26-30-21)15-6-4-3-5-7-15/h8-9,12,14-15H,3-7,10-11H2,1-2H3,(H,23,27)(H,24,28)/t14-/m1/s1. The third kappa shape index (κ3) is 5.95. The Kier molecular flexibility index (Phi) is 7.68. The molecule has 1 aliphatic carbocycles. The number of hydrogen-bond donors (Lipinski definition) is 2. The molecule has 3 rings (SSSR count). The van der Waals surface area contributed by atoms with Crippen LogP contribution in [0.5, 0.6) is 5.75 Å². The number of aryl methyl sites for hydroxylation is 1. The van der Waals surface area contributed by atoms with Crippen LogP contribution >= 0.6 is 11.6 Å². The van der Waals surface area contributed by atoms with Crippen LogP contribution in [0.2, 0.25) is 5.02 Å². The summed E-state index contributed by atoms with van der Waals surface area (Å²) in [6.45, 7) is 4.01. The number of aromatic nitrogens is 2. The maximum Gasteiger partial charge on any atom is 0.315 e. The lowest BCUT2D eigenvalue weighted by atomic mass is 9.89. The first-order valence-corrected chi connectivity index (χ1v) is 10.6. The Bertz CT molecular complexity index is 880. The molecule has 2 aromatic rings. The summed E-state index contributed by atoms with van der Waals surface area (Å²) in [6.07, 6.45) is 4.91. The van der Waals surface area contributed by atoms with Crippen LogP contribution in [0.3, 0.4) is 0 Å². The maximum absolute atomic E-state index is 12.2. The van der Waals surface area contributed by atoms with Crippen molar-refractivity contribution in [3.8, 4) is 5.75 Å². The summed E-state index contributed by atoms with van der Waals surface area (Å²) < 4.78 is 10.8. The molecule has 1 aromatic carbocycles. The van der Waals surface area contributed by atoms with Crippen molar-refractivity contribution in [2.24, 2.45) is 0 Å². The van der Waals surface area contributed by atoms with E-state index in [2.05, 4.69) is 20.8 Å². The van der Waals surface area contributed by atoms with Gasteiger partial charge in [0.25, 0.3) is 5.91 Å². The maximum atomic E-state index is 12.2. The number of hydrogen-bond acceptors (Lipinski definition) is 6. The van der Waals surface area contributed by atoms with E-state index in [1.807, 2.05) is 6.92 Å². The van der Waals surface area contributed by atoms with Gasteiger partial charge in [0.05, 0.1) is 0 Å². The van der Waals surface area contributed by atoms with E-state index in [0.717, 1.165) is 31.2 Å². The molecular formula is C21H27ClN4O4. The highest BCUT2D eigenvalue weighted by molar-refractivity contribution is 6.30. The van der Waals surface area contributed by atoms with Crippen molar-refractivity contribution in [2.75, 3.05) is 13.1 Å². The van der Waals surface area contributed by atoms with E-state index in [9.17, 15) is 9.59 Å². The summed E-state index contributed by atoms with van der Waals surface area (Å²) in [5.41, 5.74) is 0.849.